The Morgan fingerprint density at radius 2 is 1.70 bits per heavy atom. The predicted molar refractivity (Wildman–Crippen MR) is 103 cm³/mol. The molecule has 5 nitrogen and oxygen atoms in total. The standard InChI is InChI=1S/C21H22FN3O2/c1-13(2)25-21(27)17-10-6-5-9-16(17)19(24-25)20(26)23-14(3)12-15-8-4-7-11-18(15)22/h4-11,13-14H,12H2,1-3H3,(H,23,26)/t14-/m0/s1. The van der Waals surface area contributed by atoms with Crippen molar-refractivity contribution in [2.75, 3.05) is 0 Å². The summed E-state index contributed by atoms with van der Waals surface area (Å²) in [6.07, 6.45) is 0.361. The zero-order valence-corrected chi connectivity index (χ0v) is 15.6. The van der Waals surface area contributed by atoms with E-state index in [1.165, 1.54) is 10.7 Å². The van der Waals surface area contributed by atoms with E-state index >= 15 is 0 Å². The number of halogens is 1. The normalized spacial score (nSPS) is 12.3. The van der Waals surface area contributed by atoms with Crippen LogP contribution < -0.4 is 10.9 Å². The highest BCUT2D eigenvalue weighted by atomic mass is 19.1. The molecule has 0 bridgehead atoms. The van der Waals surface area contributed by atoms with E-state index in [1.807, 2.05) is 20.8 Å². The van der Waals surface area contributed by atoms with E-state index in [0.29, 0.717) is 22.8 Å². The van der Waals surface area contributed by atoms with Gasteiger partial charge in [0.15, 0.2) is 5.69 Å². The van der Waals surface area contributed by atoms with Crippen molar-refractivity contribution < 1.29 is 9.18 Å². The van der Waals surface area contributed by atoms with Crippen molar-refractivity contribution in [2.24, 2.45) is 0 Å². The molecule has 27 heavy (non-hydrogen) atoms. The van der Waals surface area contributed by atoms with Gasteiger partial charge < -0.3 is 5.32 Å². The summed E-state index contributed by atoms with van der Waals surface area (Å²) in [5.74, 6) is -0.681. The van der Waals surface area contributed by atoms with Crippen molar-refractivity contribution >= 4 is 16.7 Å². The van der Waals surface area contributed by atoms with Gasteiger partial charge in [-0.2, -0.15) is 5.10 Å². The van der Waals surface area contributed by atoms with Gasteiger partial charge >= 0.3 is 0 Å². The highest BCUT2D eigenvalue weighted by molar-refractivity contribution is 6.04. The van der Waals surface area contributed by atoms with Crippen LogP contribution in [0, 0.1) is 5.82 Å². The number of nitrogens with one attached hydrogen (secondary N) is 1. The Morgan fingerprint density at radius 1 is 1.07 bits per heavy atom. The van der Waals surface area contributed by atoms with Crippen LogP contribution in [0.1, 0.15) is 42.9 Å². The molecule has 3 rings (SSSR count). The van der Waals surface area contributed by atoms with Crippen LogP contribution in [0.5, 0.6) is 0 Å². The van der Waals surface area contributed by atoms with E-state index < -0.39 is 0 Å². The summed E-state index contributed by atoms with van der Waals surface area (Å²) in [5, 5.41) is 8.12. The number of amides is 1. The zero-order valence-electron chi connectivity index (χ0n) is 15.6. The van der Waals surface area contributed by atoms with Gasteiger partial charge in [-0.25, -0.2) is 9.07 Å². The zero-order chi connectivity index (χ0) is 19.6. The molecule has 0 saturated carbocycles. The first-order valence-corrected chi connectivity index (χ1v) is 8.94. The van der Waals surface area contributed by atoms with Crippen LogP contribution in [-0.2, 0) is 6.42 Å². The van der Waals surface area contributed by atoms with Crippen LogP contribution in [0.4, 0.5) is 4.39 Å². The van der Waals surface area contributed by atoms with E-state index in [0.717, 1.165) is 0 Å². The minimum absolute atomic E-state index is 0.176. The Hall–Kier alpha value is -3.02. The van der Waals surface area contributed by atoms with Crippen molar-refractivity contribution in [2.45, 2.75) is 39.3 Å². The fourth-order valence-corrected chi connectivity index (χ4v) is 3.06. The van der Waals surface area contributed by atoms with Gasteiger partial charge in [0.2, 0.25) is 0 Å². The maximum atomic E-state index is 13.8. The van der Waals surface area contributed by atoms with Crippen molar-refractivity contribution in [3.63, 3.8) is 0 Å². The molecule has 1 heterocycles. The minimum atomic E-state index is -0.385. The molecule has 0 aliphatic rings. The molecule has 1 amide bonds. The number of carbonyl (C=O) groups excluding carboxylic acids is 1. The average molecular weight is 367 g/mol. The van der Waals surface area contributed by atoms with Crippen molar-refractivity contribution in [1.82, 2.24) is 15.1 Å². The summed E-state index contributed by atoms with van der Waals surface area (Å²) < 4.78 is 15.2. The molecular weight excluding hydrogens is 345 g/mol. The Kier molecular flexibility index (Phi) is 5.35. The third kappa shape index (κ3) is 3.89. The monoisotopic (exact) mass is 367 g/mol. The lowest BCUT2D eigenvalue weighted by molar-refractivity contribution is 0.0934. The van der Waals surface area contributed by atoms with Gasteiger partial charge in [0.25, 0.3) is 11.5 Å². The molecule has 2 aromatic carbocycles. The first-order chi connectivity index (χ1) is 12.9. The van der Waals surface area contributed by atoms with E-state index in [9.17, 15) is 14.0 Å². The molecule has 1 aromatic heterocycles. The first-order valence-electron chi connectivity index (χ1n) is 8.94. The lowest BCUT2D eigenvalue weighted by Gasteiger charge is -2.17. The van der Waals surface area contributed by atoms with E-state index in [4.69, 9.17) is 0 Å². The second-order valence-electron chi connectivity index (χ2n) is 6.91. The van der Waals surface area contributed by atoms with Gasteiger partial charge in [-0.3, -0.25) is 9.59 Å². The molecule has 0 aliphatic heterocycles. The average Bonchev–Trinajstić information content (AvgIpc) is 2.63. The van der Waals surface area contributed by atoms with Crippen LogP contribution >= 0.6 is 0 Å². The number of nitrogens with zero attached hydrogens (tertiary/aromatic N) is 2. The Morgan fingerprint density at radius 3 is 2.37 bits per heavy atom. The number of aromatic nitrogens is 2. The molecule has 3 aromatic rings. The number of fused-ring (bicyclic) bond motifs is 1. The van der Waals surface area contributed by atoms with Gasteiger partial charge in [-0.1, -0.05) is 36.4 Å². The first kappa shape index (κ1) is 18.8. The molecule has 140 valence electrons. The quantitative estimate of drug-likeness (QED) is 0.751. The Labute approximate surface area is 156 Å². The molecule has 1 atom stereocenters. The fourth-order valence-electron chi connectivity index (χ4n) is 3.06. The number of benzene rings is 2. The van der Waals surface area contributed by atoms with Crippen molar-refractivity contribution in [1.29, 1.82) is 0 Å². The van der Waals surface area contributed by atoms with Crippen LogP contribution in [0.3, 0.4) is 0 Å². The van der Waals surface area contributed by atoms with E-state index in [-0.39, 0.29) is 35.1 Å². The van der Waals surface area contributed by atoms with E-state index in [1.54, 1.807) is 42.5 Å². The van der Waals surface area contributed by atoms with Crippen molar-refractivity contribution in [3.05, 3.63) is 76.0 Å². The molecule has 0 aliphatic carbocycles. The van der Waals surface area contributed by atoms with Gasteiger partial charge in [-0.05, 0) is 44.9 Å². The van der Waals surface area contributed by atoms with Gasteiger partial charge in [-0.15, -0.1) is 0 Å². The largest absolute Gasteiger partial charge is 0.348 e. The smallest absolute Gasteiger partial charge is 0.274 e. The summed E-state index contributed by atoms with van der Waals surface area (Å²) in [6.45, 7) is 5.49. The summed E-state index contributed by atoms with van der Waals surface area (Å²) >= 11 is 0. The Balaban J connectivity index is 1.92. The summed E-state index contributed by atoms with van der Waals surface area (Å²) in [6, 6.07) is 13.0. The fraction of sp³-hybridized carbons (Fsp3) is 0.286. The highest BCUT2D eigenvalue weighted by Gasteiger charge is 2.19. The number of rotatable bonds is 5. The number of hydrogen-bond donors (Lipinski definition) is 1. The predicted octanol–water partition coefficient (Wildman–Crippen LogP) is 3.48. The van der Waals surface area contributed by atoms with Crippen LogP contribution in [0.2, 0.25) is 0 Å². The molecule has 0 fully saturated rings. The molecular formula is C21H22FN3O2. The lowest BCUT2D eigenvalue weighted by Crippen LogP contribution is -2.37. The Bertz CT molecular complexity index is 1040. The van der Waals surface area contributed by atoms with Crippen LogP contribution in [-0.4, -0.2) is 21.7 Å². The highest BCUT2D eigenvalue weighted by Crippen LogP contribution is 2.15. The number of hydrogen-bond acceptors (Lipinski definition) is 3. The topological polar surface area (TPSA) is 64.0 Å². The molecule has 1 N–H and O–H groups in total. The van der Waals surface area contributed by atoms with Crippen LogP contribution in [0.25, 0.3) is 10.8 Å². The molecule has 0 unspecified atom stereocenters. The van der Waals surface area contributed by atoms with Gasteiger partial charge in [0, 0.05) is 11.4 Å². The molecule has 6 heteroatoms. The lowest BCUT2D eigenvalue weighted by atomic mass is 10.1. The summed E-state index contributed by atoms with van der Waals surface area (Å²) in [7, 11) is 0. The maximum absolute atomic E-state index is 13.8. The third-order valence-corrected chi connectivity index (χ3v) is 4.39. The summed E-state index contributed by atoms with van der Waals surface area (Å²) in [4.78, 5) is 25.4. The van der Waals surface area contributed by atoms with Crippen molar-refractivity contribution in [3.8, 4) is 0 Å². The van der Waals surface area contributed by atoms with Gasteiger partial charge in [0.05, 0.1) is 11.4 Å². The SMILES string of the molecule is CC(C)n1nc(C(=O)N[C@@H](C)Cc2ccccc2F)c2ccccc2c1=O. The minimum Gasteiger partial charge on any atom is -0.348 e. The summed E-state index contributed by atoms with van der Waals surface area (Å²) in [5.41, 5.74) is 0.506. The van der Waals surface area contributed by atoms with Gasteiger partial charge in [0.1, 0.15) is 5.82 Å². The van der Waals surface area contributed by atoms with E-state index in [2.05, 4.69) is 10.4 Å². The van der Waals surface area contributed by atoms with Crippen LogP contribution in [0.15, 0.2) is 53.3 Å². The second kappa shape index (κ2) is 7.70. The number of carbonyl (C=O) groups is 1. The molecule has 0 spiro atoms. The maximum Gasteiger partial charge on any atom is 0.274 e. The molecule has 0 radical (unpaired) electrons. The second-order valence-corrected chi connectivity index (χ2v) is 6.91. The molecule has 0 saturated heterocycles. The third-order valence-electron chi connectivity index (χ3n) is 4.39.